The first-order chi connectivity index (χ1) is 8.70. The lowest BCUT2D eigenvalue weighted by molar-refractivity contribution is 0.0945. The van der Waals surface area contributed by atoms with E-state index >= 15 is 0 Å². The molecule has 2 rings (SSSR count). The molecule has 1 fully saturated rings. The number of aromatic nitrogens is 1. The van der Waals surface area contributed by atoms with Gasteiger partial charge in [0.25, 0.3) is 0 Å². The Labute approximate surface area is 113 Å². The number of hydrogen-bond donors (Lipinski definition) is 2. The van der Waals surface area contributed by atoms with Crippen molar-refractivity contribution in [1.82, 2.24) is 9.88 Å². The number of hydrogen-bond acceptors (Lipinski definition) is 4. The van der Waals surface area contributed by atoms with E-state index in [9.17, 15) is 0 Å². The summed E-state index contributed by atoms with van der Waals surface area (Å²) in [4.78, 5) is 6.79. The van der Waals surface area contributed by atoms with Crippen LogP contribution in [0.4, 0.5) is 0 Å². The third kappa shape index (κ3) is 3.25. The Morgan fingerprint density at radius 1 is 1.56 bits per heavy atom. The van der Waals surface area contributed by atoms with E-state index in [1.165, 1.54) is 19.3 Å². The molecule has 1 aliphatic rings. The topological polar surface area (TPSA) is 62.4 Å². The molecule has 0 spiro atoms. The van der Waals surface area contributed by atoms with Crippen molar-refractivity contribution in [2.24, 2.45) is 5.73 Å². The average molecular weight is 265 g/mol. The van der Waals surface area contributed by atoms with E-state index in [-0.39, 0.29) is 6.61 Å². The van der Waals surface area contributed by atoms with Gasteiger partial charge in [-0.25, -0.2) is 0 Å². The predicted molar refractivity (Wildman–Crippen MR) is 75.3 cm³/mol. The van der Waals surface area contributed by atoms with Crippen LogP contribution in [0.15, 0.2) is 18.3 Å². The second-order valence-corrected chi connectivity index (χ2v) is 5.13. The number of rotatable bonds is 6. The number of aliphatic hydroxyl groups is 1. The van der Waals surface area contributed by atoms with E-state index < -0.39 is 0 Å². The van der Waals surface area contributed by atoms with E-state index in [0.717, 1.165) is 18.7 Å². The van der Waals surface area contributed by atoms with Crippen LogP contribution in [0, 0.1) is 0 Å². The number of aliphatic hydroxyl groups excluding tert-OH is 1. The summed E-state index contributed by atoms with van der Waals surface area (Å²) >= 11 is 4.93. The SMILES string of the molecule is NC(=S)c1cc(CN(CCO)C2CCC2)ccn1. The molecule has 0 atom stereocenters. The normalized spacial score (nSPS) is 15.7. The van der Waals surface area contributed by atoms with Gasteiger partial charge in [-0.15, -0.1) is 0 Å². The predicted octanol–water partition coefficient (Wildman–Crippen LogP) is 1.06. The van der Waals surface area contributed by atoms with Crippen LogP contribution < -0.4 is 5.73 Å². The minimum atomic E-state index is 0.198. The summed E-state index contributed by atoms with van der Waals surface area (Å²) in [5.74, 6) is 0. The largest absolute Gasteiger partial charge is 0.395 e. The van der Waals surface area contributed by atoms with Crippen LogP contribution in [-0.4, -0.2) is 39.2 Å². The Hall–Kier alpha value is -1.04. The molecule has 98 valence electrons. The van der Waals surface area contributed by atoms with Gasteiger partial charge >= 0.3 is 0 Å². The van der Waals surface area contributed by atoms with Crippen LogP contribution >= 0.6 is 12.2 Å². The summed E-state index contributed by atoms with van der Waals surface area (Å²) in [6.07, 6.45) is 5.49. The highest BCUT2D eigenvalue weighted by atomic mass is 32.1. The van der Waals surface area contributed by atoms with Crippen molar-refractivity contribution in [2.45, 2.75) is 31.8 Å². The fourth-order valence-corrected chi connectivity index (χ4v) is 2.32. The third-order valence-corrected chi connectivity index (χ3v) is 3.65. The Bertz CT molecular complexity index is 420. The van der Waals surface area contributed by atoms with Gasteiger partial charge < -0.3 is 10.8 Å². The zero-order chi connectivity index (χ0) is 13.0. The molecule has 5 heteroatoms. The minimum Gasteiger partial charge on any atom is -0.395 e. The highest BCUT2D eigenvalue weighted by Gasteiger charge is 2.24. The molecule has 4 nitrogen and oxygen atoms in total. The molecule has 1 aromatic rings. The smallest absolute Gasteiger partial charge is 0.122 e. The highest BCUT2D eigenvalue weighted by Crippen LogP contribution is 2.25. The zero-order valence-corrected chi connectivity index (χ0v) is 11.2. The Morgan fingerprint density at radius 3 is 2.89 bits per heavy atom. The summed E-state index contributed by atoms with van der Waals surface area (Å²) in [5.41, 5.74) is 7.40. The summed E-state index contributed by atoms with van der Waals surface area (Å²) in [7, 11) is 0. The van der Waals surface area contributed by atoms with Gasteiger partial charge in [-0.3, -0.25) is 9.88 Å². The molecule has 0 saturated heterocycles. The summed E-state index contributed by atoms with van der Waals surface area (Å²) < 4.78 is 0. The zero-order valence-electron chi connectivity index (χ0n) is 10.4. The molecule has 1 heterocycles. The molecule has 0 bridgehead atoms. The monoisotopic (exact) mass is 265 g/mol. The Kier molecular flexibility index (Phi) is 4.63. The molecule has 0 radical (unpaired) electrons. The first-order valence-corrected chi connectivity index (χ1v) is 6.71. The van der Waals surface area contributed by atoms with Crippen LogP contribution in [0.2, 0.25) is 0 Å². The quantitative estimate of drug-likeness (QED) is 0.753. The van der Waals surface area contributed by atoms with Crippen molar-refractivity contribution in [1.29, 1.82) is 0 Å². The molecule has 1 aromatic heterocycles. The summed E-state index contributed by atoms with van der Waals surface area (Å²) in [6, 6.07) is 4.52. The molecular formula is C13H19N3OS. The first-order valence-electron chi connectivity index (χ1n) is 6.30. The lowest BCUT2D eigenvalue weighted by Crippen LogP contribution is -2.41. The molecular weight excluding hydrogens is 246 g/mol. The maximum atomic E-state index is 9.13. The molecule has 18 heavy (non-hydrogen) atoms. The van der Waals surface area contributed by atoms with Gasteiger partial charge in [-0.2, -0.15) is 0 Å². The number of nitrogens with zero attached hydrogens (tertiary/aromatic N) is 2. The minimum absolute atomic E-state index is 0.198. The first kappa shape index (κ1) is 13.4. The number of pyridine rings is 1. The molecule has 0 aliphatic heterocycles. The van der Waals surface area contributed by atoms with Gasteiger partial charge in [-0.05, 0) is 30.5 Å². The lowest BCUT2D eigenvalue weighted by atomic mass is 9.91. The van der Waals surface area contributed by atoms with Crippen molar-refractivity contribution >= 4 is 17.2 Å². The van der Waals surface area contributed by atoms with Gasteiger partial charge in [-0.1, -0.05) is 18.6 Å². The standard InChI is InChI=1S/C13H19N3OS/c14-13(18)12-8-10(4-5-15-12)9-16(6-7-17)11-2-1-3-11/h4-5,8,11,17H,1-3,6-7,9H2,(H2,14,18). The fraction of sp³-hybridized carbons (Fsp3) is 0.538. The Morgan fingerprint density at radius 2 is 2.33 bits per heavy atom. The van der Waals surface area contributed by atoms with E-state index in [2.05, 4.69) is 9.88 Å². The van der Waals surface area contributed by atoms with Crippen LogP contribution in [0.25, 0.3) is 0 Å². The van der Waals surface area contributed by atoms with Crippen molar-refractivity contribution in [2.75, 3.05) is 13.2 Å². The fourth-order valence-electron chi connectivity index (χ4n) is 2.21. The van der Waals surface area contributed by atoms with Crippen molar-refractivity contribution in [3.63, 3.8) is 0 Å². The maximum absolute atomic E-state index is 9.13. The van der Waals surface area contributed by atoms with Gasteiger partial charge in [0.1, 0.15) is 4.99 Å². The molecule has 0 unspecified atom stereocenters. The lowest BCUT2D eigenvalue weighted by Gasteiger charge is -2.37. The molecule has 3 N–H and O–H groups in total. The van der Waals surface area contributed by atoms with Crippen LogP contribution in [0.5, 0.6) is 0 Å². The van der Waals surface area contributed by atoms with Gasteiger partial charge in [0.15, 0.2) is 0 Å². The Balaban J connectivity index is 2.05. The van der Waals surface area contributed by atoms with Gasteiger partial charge in [0.2, 0.25) is 0 Å². The van der Waals surface area contributed by atoms with Gasteiger partial charge in [0, 0.05) is 25.3 Å². The van der Waals surface area contributed by atoms with Crippen LogP contribution in [0.3, 0.4) is 0 Å². The molecule has 1 aliphatic carbocycles. The molecule has 1 saturated carbocycles. The van der Waals surface area contributed by atoms with E-state index in [1.54, 1.807) is 6.20 Å². The summed E-state index contributed by atoms with van der Waals surface area (Å²) in [5, 5.41) is 9.13. The maximum Gasteiger partial charge on any atom is 0.122 e. The van der Waals surface area contributed by atoms with E-state index in [4.69, 9.17) is 23.1 Å². The van der Waals surface area contributed by atoms with E-state index in [1.807, 2.05) is 12.1 Å². The second-order valence-electron chi connectivity index (χ2n) is 4.69. The number of thiocarbonyl (C=S) groups is 1. The van der Waals surface area contributed by atoms with Crippen LogP contribution in [0.1, 0.15) is 30.5 Å². The van der Waals surface area contributed by atoms with Crippen LogP contribution in [-0.2, 0) is 6.54 Å². The second kappa shape index (κ2) is 6.22. The van der Waals surface area contributed by atoms with Crippen molar-refractivity contribution < 1.29 is 5.11 Å². The third-order valence-electron chi connectivity index (χ3n) is 3.44. The van der Waals surface area contributed by atoms with Crippen molar-refractivity contribution in [3.05, 3.63) is 29.6 Å². The van der Waals surface area contributed by atoms with E-state index in [0.29, 0.717) is 16.7 Å². The van der Waals surface area contributed by atoms with Gasteiger partial charge in [0.05, 0.1) is 12.3 Å². The van der Waals surface area contributed by atoms with Crippen molar-refractivity contribution in [3.8, 4) is 0 Å². The molecule has 0 amide bonds. The molecule has 0 aromatic carbocycles. The average Bonchev–Trinajstić information content (AvgIpc) is 2.27. The summed E-state index contributed by atoms with van der Waals surface area (Å²) in [6.45, 7) is 1.74. The number of nitrogens with two attached hydrogens (primary N) is 1. The highest BCUT2D eigenvalue weighted by molar-refractivity contribution is 7.80.